The van der Waals surface area contributed by atoms with E-state index in [0.29, 0.717) is 5.82 Å². The number of nitrogens with zero attached hydrogens (tertiary/aromatic N) is 3. The fraction of sp³-hybridized carbons (Fsp3) is 0.500. The fourth-order valence-corrected chi connectivity index (χ4v) is 2.60. The van der Waals surface area contributed by atoms with Gasteiger partial charge in [0.15, 0.2) is 5.82 Å². The van der Waals surface area contributed by atoms with E-state index in [9.17, 15) is 0 Å². The van der Waals surface area contributed by atoms with Gasteiger partial charge in [0.2, 0.25) is 0 Å². The van der Waals surface area contributed by atoms with Crippen molar-refractivity contribution in [2.45, 2.75) is 40.5 Å². The molecule has 0 radical (unpaired) electrons. The van der Waals surface area contributed by atoms with Gasteiger partial charge in [0.1, 0.15) is 11.6 Å². The van der Waals surface area contributed by atoms with Crippen LogP contribution < -0.4 is 5.32 Å². The summed E-state index contributed by atoms with van der Waals surface area (Å²) in [4.78, 5) is 9.24. The molecule has 2 aromatic heterocycles. The van der Waals surface area contributed by atoms with Gasteiger partial charge in [-0.3, -0.25) is 0 Å². The Hall–Kier alpha value is -1.43. The van der Waals surface area contributed by atoms with Gasteiger partial charge in [-0.05, 0) is 42.6 Å². The smallest absolute Gasteiger partial charge is 0.167 e. The maximum Gasteiger partial charge on any atom is 0.167 e. The molecule has 0 atom stereocenters. The molecule has 20 heavy (non-hydrogen) atoms. The second-order valence-electron chi connectivity index (χ2n) is 4.64. The monoisotopic (exact) mass is 338 g/mol. The van der Waals surface area contributed by atoms with Crippen LogP contribution in [0.25, 0.3) is 11.4 Å². The SMILES string of the molecule is CCCNc1nc(-c2c(C)noc2C)nc(CC)c1Br. The quantitative estimate of drug-likeness (QED) is 0.895. The standard InChI is InChI=1S/C14H19BrN4O/c1-5-7-16-14-12(15)10(6-2)17-13(18-14)11-8(3)19-20-9(11)4/h5-7H2,1-4H3,(H,16,17,18). The van der Waals surface area contributed by atoms with Crippen molar-refractivity contribution in [3.8, 4) is 11.4 Å². The maximum atomic E-state index is 5.21. The highest BCUT2D eigenvalue weighted by Gasteiger charge is 2.18. The van der Waals surface area contributed by atoms with Gasteiger partial charge in [0.05, 0.1) is 21.4 Å². The van der Waals surface area contributed by atoms with E-state index in [0.717, 1.165) is 52.4 Å². The Balaban J connectivity index is 2.54. The molecule has 0 unspecified atom stereocenters. The second-order valence-corrected chi connectivity index (χ2v) is 5.43. The number of aryl methyl sites for hydroxylation is 3. The first kappa shape index (κ1) is 15.0. The summed E-state index contributed by atoms with van der Waals surface area (Å²) in [5, 5.41) is 7.30. The Morgan fingerprint density at radius 2 is 1.95 bits per heavy atom. The molecule has 0 spiro atoms. The third kappa shape index (κ3) is 2.85. The van der Waals surface area contributed by atoms with Crippen molar-refractivity contribution < 1.29 is 4.52 Å². The average Bonchev–Trinajstić information content (AvgIpc) is 2.77. The molecule has 108 valence electrons. The number of halogens is 1. The van der Waals surface area contributed by atoms with Crippen molar-refractivity contribution in [2.75, 3.05) is 11.9 Å². The molecular weight excluding hydrogens is 320 g/mol. The third-order valence-electron chi connectivity index (χ3n) is 3.05. The molecule has 0 aromatic carbocycles. The van der Waals surface area contributed by atoms with E-state index in [2.05, 4.69) is 50.2 Å². The summed E-state index contributed by atoms with van der Waals surface area (Å²) in [6.07, 6.45) is 1.87. The first-order valence-corrected chi connectivity index (χ1v) is 7.61. The molecule has 0 saturated heterocycles. The molecule has 0 bridgehead atoms. The van der Waals surface area contributed by atoms with Crippen molar-refractivity contribution in [3.63, 3.8) is 0 Å². The normalized spacial score (nSPS) is 10.8. The molecule has 2 heterocycles. The Morgan fingerprint density at radius 3 is 2.50 bits per heavy atom. The van der Waals surface area contributed by atoms with Crippen LogP contribution in [0.15, 0.2) is 9.00 Å². The van der Waals surface area contributed by atoms with Gasteiger partial charge in [-0.15, -0.1) is 0 Å². The van der Waals surface area contributed by atoms with Crippen molar-refractivity contribution in [2.24, 2.45) is 0 Å². The van der Waals surface area contributed by atoms with E-state index in [4.69, 9.17) is 4.52 Å². The lowest BCUT2D eigenvalue weighted by Crippen LogP contribution is -2.07. The summed E-state index contributed by atoms with van der Waals surface area (Å²) in [5.41, 5.74) is 2.67. The van der Waals surface area contributed by atoms with Crippen LogP contribution in [0.3, 0.4) is 0 Å². The van der Waals surface area contributed by atoms with Crippen molar-refractivity contribution in [3.05, 3.63) is 21.6 Å². The van der Waals surface area contributed by atoms with E-state index in [1.165, 1.54) is 0 Å². The maximum absolute atomic E-state index is 5.21. The number of nitrogens with one attached hydrogen (secondary N) is 1. The Kier molecular flexibility index (Phi) is 4.75. The number of hydrogen-bond acceptors (Lipinski definition) is 5. The Morgan fingerprint density at radius 1 is 1.20 bits per heavy atom. The largest absolute Gasteiger partial charge is 0.369 e. The number of anilines is 1. The van der Waals surface area contributed by atoms with Crippen LogP contribution in [0.2, 0.25) is 0 Å². The summed E-state index contributed by atoms with van der Waals surface area (Å²) in [7, 11) is 0. The molecule has 0 aliphatic carbocycles. The van der Waals surface area contributed by atoms with Crippen LogP contribution in [0.4, 0.5) is 5.82 Å². The topological polar surface area (TPSA) is 63.8 Å². The van der Waals surface area contributed by atoms with Gasteiger partial charge < -0.3 is 9.84 Å². The minimum Gasteiger partial charge on any atom is -0.369 e. The van der Waals surface area contributed by atoms with E-state index in [1.54, 1.807) is 0 Å². The molecule has 0 fully saturated rings. The highest BCUT2D eigenvalue weighted by atomic mass is 79.9. The highest BCUT2D eigenvalue weighted by Crippen LogP contribution is 2.30. The third-order valence-corrected chi connectivity index (χ3v) is 3.89. The van der Waals surface area contributed by atoms with Gasteiger partial charge >= 0.3 is 0 Å². The zero-order valence-corrected chi connectivity index (χ0v) is 13.8. The minimum atomic E-state index is 0.667. The Labute approximate surface area is 127 Å². The molecule has 1 N–H and O–H groups in total. The first-order valence-electron chi connectivity index (χ1n) is 6.82. The zero-order valence-electron chi connectivity index (χ0n) is 12.2. The van der Waals surface area contributed by atoms with E-state index < -0.39 is 0 Å². The number of hydrogen-bond donors (Lipinski definition) is 1. The van der Waals surface area contributed by atoms with Crippen LogP contribution in [-0.4, -0.2) is 21.7 Å². The molecule has 6 heteroatoms. The zero-order chi connectivity index (χ0) is 14.7. The lowest BCUT2D eigenvalue weighted by molar-refractivity contribution is 0.393. The molecular formula is C14H19BrN4O. The number of aromatic nitrogens is 3. The molecule has 5 nitrogen and oxygen atoms in total. The highest BCUT2D eigenvalue weighted by molar-refractivity contribution is 9.10. The lowest BCUT2D eigenvalue weighted by atomic mass is 10.2. The molecule has 0 aliphatic rings. The van der Waals surface area contributed by atoms with Crippen LogP contribution in [0.5, 0.6) is 0 Å². The van der Waals surface area contributed by atoms with Gasteiger partial charge in [0.25, 0.3) is 0 Å². The summed E-state index contributed by atoms with van der Waals surface area (Å²) >= 11 is 3.58. The summed E-state index contributed by atoms with van der Waals surface area (Å²) in [5.74, 6) is 2.24. The van der Waals surface area contributed by atoms with Crippen LogP contribution in [0, 0.1) is 13.8 Å². The molecule has 0 amide bonds. The van der Waals surface area contributed by atoms with Gasteiger partial charge in [-0.1, -0.05) is 19.0 Å². The Bertz CT molecular complexity index is 590. The van der Waals surface area contributed by atoms with E-state index in [1.807, 2.05) is 13.8 Å². The van der Waals surface area contributed by atoms with Crippen molar-refractivity contribution in [1.29, 1.82) is 0 Å². The second kappa shape index (κ2) is 6.35. The summed E-state index contributed by atoms with van der Waals surface area (Å²) < 4.78 is 6.15. The van der Waals surface area contributed by atoms with Crippen LogP contribution in [0.1, 0.15) is 37.4 Å². The summed E-state index contributed by atoms with van der Waals surface area (Å²) in [6, 6.07) is 0. The predicted octanol–water partition coefficient (Wildman–Crippen LogP) is 3.90. The fourth-order valence-electron chi connectivity index (χ4n) is 2.00. The number of rotatable bonds is 5. The average molecular weight is 339 g/mol. The molecule has 0 aliphatic heterocycles. The van der Waals surface area contributed by atoms with Crippen LogP contribution >= 0.6 is 15.9 Å². The minimum absolute atomic E-state index is 0.667. The summed E-state index contributed by atoms with van der Waals surface area (Å²) in [6.45, 7) is 8.86. The molecule has 2 aromatic rings. The van der Waals surface area contributed by atoms with Gasteiger partial charge in [0, 0.05) is 6.54 Å². The van der Waals surface area contributed by atoms with Gasteiger partial charge in [-0.25, -0.2) is 9.97 Å². The first-order chi connectivity index (χ1) is 9.58. The van der Waals surface area contributed by atoms with E-state index in [-0.39, 0.29) is 0 Å². The predicted molar refractivity (Wildman–Crippen MR) is 82.9 cm³/mol. The molecule has 0 saturated carbocycles. The van der Waals surface area contributed by atoms with Crippen molar-refractivity contribution >= 4 is 21.7 Å². The van der Waals surface area contributed by atoms with Crippen molar-refractivity contribution in [1.82, 2.24) is 15.1 Å². The van der Waals surface area contributed by atoms with Gasteiger partial charge in [-0.2, -0.15) is 0 Å². The van der Waals surface area contributed by atoms with E-state index >= 15 is 0 Å². The lowest BCUT2D eigenvalue weighted by Gasteiger charge is -2.11. The van der Waals surface area contributed by atoms with Crippen LogP contribution in [-0.2, 0) is 6.42 Å². The molecule has 2 rings (SSSR count).